The van der Waals surface area contributed by atoms with E-state index in [1.807, 2.05) is 6.92 Å². The van der Waals surface area contributed by atoms with Crippen molar-refractivity contribution in [3.63, 3.8) is 0 Å². The predicted octanol–water partition coefficient (Wildman–Crippen LogP) is 4.28. The molecule has 1 atom stereocenters. The zero-order valence-electron chi connectivity index (χ0n) is 14.5. The summed E-state index contributed by atoms with van der Waals surface area (Å²) in [6.07, 6.45) is -3.51. The fraction of sp³-hybridized carbons (Fsp3) is 0.353. The summed E-state index contributed by atoms with van der Waals surface area (Å²) in [4.78, 5) is 19.2. The van der Waals surface area contributed by atoms with Crippen molar-refractivity contribution >= 4 is 27.0 Å². The maximum atomic E-state index is 12.3. The van der Waals surface area contributed by atoms with Crippen LogP contribution in [-0.2, 0) is 6.42 Å². The quantitative estimate of drug-likeness (QED) is 0.637. The molecule has 0 saturated carbocycles. The van der Waals surface area contributed by atoms with Crippen LogP contribution in [0.3, 0.4) is 0 Å². The molecule has 6 nitrogen and oxygen atoms in total. The topological polar surface area (TPSA) is 72.8 Å². The zero-order chi connectivity index (χ0) is 19.8. The van der Waals surface area contributed by atoms with Crippen LogP contribution in [0, 0.1) is 6.92 Å². The van der Waals surface area contributed by atoms with Crippen molar-refractivity contribution in [2.24, 2.45) is 0 Å². The number of hydrogen-bond donors (Lipinski definition) is 1. The average molecular weight is 445 g/mol. The number of aryl methyl sites for hydroxylation is 1. The lowest BCUT2D eigenvalue weighted by molar-refractivity contribution is -0.274. The third-order valence-electron chi connectivity index (χ3n) is 4.08. The van der Waals surface area contributed by atoms with Gasteiger partial charge in [0.05, 0.1) is 6.04 Å². The number of aromatic amines is 1. The molecule has 0 radical (unpaired) electrons. The first kappa shape index (κ1) is 19.4. The number of ether oxygens (including phenoxy) is 1. The van der Waals surface area contributed by atoms with Crippen molar-refractivity contribution in [1.29, 1.82) is 0 Å². The Kier molecular flexibility index (Phi) is 5.27. The maximum absolute atomic E-state index is 12.3. The van der Waals surface area contributed by atoms with E-state index < -0.39 is 6.36 Å². The highest BCUT2D eigenvalue weighted by Gasteiger charge is 2.31. The molecular weight excluding hydrogens is 429 g/mol. The highest BCUT2D eigenvalue weighted by atomic mass is 79.9. The lowest BCUT2D eigenvalue weighted by Crippen LogP contribution is -2.17. The summed E-state index contributed by atoms with van der Waals surface area (Å²) in [5.74, 6) is 0.208. The van der Waals surface area contributed by atoms with Gasteiger partial charge >= 0.3 is 6.36 Å². The van der Waals surface area contributed by atoms with Crippen molar-refractivity contribution in [2.45, 2.75) is 39.1 Å². The minimum absolute atomic E-state index is 0.123. The molecule has 0 aliphatic carbocycles. The van der Waals surface area contributed by atoms with Crippen molar-refractivity contribution in [3.8, 4) is 5.75 Å². The van der Waals surface area contributed by atoms with Gasteiger partial charge < -0.3 is 9.72 Å². The average Bonchev–Trinajstić information content (AvgIpc) is 2.89. The second kappa shape index (κ2) is 7.34. The van der Waals surface area contributed by atoms with Crippen LogP contribution in [0.4, 0.5) is 13.2 Å². The van der Waals surface area contributed by atoms with Crippen LogP contribution >= 0.6 is 15.9 Å². The number of aromatic nitrogens is 4. The number of H-pyrrole nitrogens is 1. The molecule has 2 aromatic heterocycles. The molecule has 0 unspecified atom stereocenters. The molecule has 0 fully saturated rings. The molecule has 3 aromatic rings. The number of fused-ring (bicyclic) bond motifs is 1. The van der Waals surface area contributed by atoms with Gasteiger partial charge in [-0.3, -0.25) is 4.79 Å². The number of alkyl halides is 3. The number of halogens is 4. The smallest absolute Gasteiger partial charge is 0.406 e. The van der Waals surface area contributed by atoms with E-state index in [0.29, 0.717) is 34.3 Å². The standard InChI is InChI=1S/C17H16BrF3N4O2/c1-3-11(8-10-4-6-12(7-5-10)27-17(19,20)21)25-15-13(14(18)24-25)16(26)23-9(2)22-15/h4-7,11H,3,8H2,1-2H3,(H,22,23,26)/t11-/m0/s1. The first-order valence-electron chi connectivity index (χ1n) is 8.17. The number of benzene rings is 1. The number of hydrogen-bond acceptors (Lipinski definition) is 4. The monoisotopic (exact) mass is 444 g/mol. The van der Waals surface area contributed by atoms with Crippen LogP contribution in [-0.4, -0.2) is 26.1 Å². The third-order valence-corrected chi connectivity index (χ3v) is 4.64. The van der Waals surface area contributed by atoms with Crippen LogP contribution < -0.4 is 10.3 Å². The molecule has 0 spiro atoms. The van der Waals surface area contributed by atoms with E-state index >= 15 is 0 Å². The van der Waals surface area contributed by atoms with E-state index in [-0.39, 0.29) is 17.4 Å². The highest BCUT2D eigenvalue weighted by Crippen LogP contribution is 2.27. The number of nitrogens with zero attached hydrogens (tertiary/aromatic N) is 3. The summed E-state index contributed by atoms with van der Waals surface area (Å²) in [6, 6.07) is 5.59. The van der Waals surface area contributed by atoms with Crippen molar-refractivity contribution in [1.82, 2.24) is 19.7 Å². The van der Waals surface area contributed by atoms with Gasteiger partial charge in [-0.15, -0.1) is 13.2 Å². The van der Waals surface area contributed by atoms with E-state index in [2.05, 4.69) is 35.7 Å². The third kappa shape index (κ3) is 4.32. The fourth-order valence-corrected chi connectivity index (χ4v) is 3.40. The lowest BCUT2D eigenvalue weighted by atomic mass is 10.0. The molecule has 0 aliphatic heterocycles. The summed E-state index contributed by atoms with van der Waals surface area (Å²) >= 11 is 3.30. The Balaban J connectivity index is 1.90. The molecule has 10 heteroatoms. The highest BCUT2D eigenvalue weighted by molar-refractivity contribution is 9.10. The zero-order valence-corrected chi connectivity index (χ0v) is 16.1. The van der Waals surface area contributed by atoms with Crippen LogP contribution in [0.15, 0.2) is 33.7 Å². The molecule has 0 amide bonds. The lowest BCUT2D eigenvalue weighted by Gasteiger charge is -2.17. The molecule has 1 N–H and O–H groups in total. The summed E-state index contributed by atoms with van der Waals surface area (Å²) in [5.41, 5.74) is 1.00. The Labute approximate surface area is 160 Å². The molecule has 0 saturated heterocycles. The molecular formula is C17H16BrF3N4O2. The Morgan fingerprint density at radius 3 is 2.56 bits per heavy atom. The molecule has 1 aromatic carbocycles. The molecule has 0 bridgehead atoms. The van der Waals surface area contributed by atoms with Gasteiger partial charge in [-0.2, -0.15) is 5.10 Å². The molecule has 144 valence electrons. The molecule has 3 rings (SSSR count). The minimum atomic E-state index is -4.72. The first-order valence-corrected chi connectivity index (χ1v) is 8.96. The molecule has 0 aliphatic rings. The Morgan fingerprint density at radius 2 is 1.96 bits per heavy atom. The molecule has 2 heterocycles. The largest absolute Gasteiger partial charge is 0.573 e. The SMILES string of the molecule is CC[C@@H](Cc1ccc(OC(F)(F)F)cc1)n1nc(Br)c2c(=O)[nH]c(C)nc21. The van der Waals surface area contributed by atoms with Crippen LogP contribution in [0.2, 0.25) is 0 Å². The van der Waals surface area contributed by atoms with E-state index in [0.717, 1.165) is 5.56 Å². The second-order valence-electron chi connectivity index (χ2n) is 6.04. The van der Waals surface area contributed by atoms with Gasteiger partial charge in [0, 0.05) is 0 Å². The van der Waals surface area contributed by atoms with E-state index in [9.17, 15) is 18.0 Å². The van der Waals surface area contributed by atoms with Gasteiger partial charge in [-0.05, 0) is 53.4 Å². The van der Waals surface area contributed by atoms with Crippen LogP contribution in [0.25, 0.3) is 11.0 Å². The fourth-order valence-electron chi connectivity index (χ4n) is 2.87. The molecule has 27 heavy (non-hydrogen) atoms. The van der Waals surface area contributed by atoms with Gasteiger partial charge in [0.25, 0.3) is 5.56 Å². The van der Waals surface area contributed by atoms with Crippen LogP contribution in [0.1, 0.15) is 30.8 Å². The summed E-state index contributed by atoms with van der Waals surface area (Å²) in [5, 5.41) is 4.77. The maximum Gasteiger partial charge on any atom is 0.573 e. The summed E-state index contributed by atoms with van der Waals surface area (Å²) in [7, 11) is 0. The Hall–Kier alpha value is -2.36. The van der Waals surface area contributed by atoms with Crippen LogP contribution in [0.5, 0.6) is 5.75 Å². The number of nitrogens with one attached hydrogen (secondary N) is 1. The van der Waals surface area contributed by atoms with Gasteiger partial charge in [-0.1, -0.05) is 19.1 Å². The van der Waals surface area contributed by atoms with E-state index in [1.54, 1.807) is 23.7 Å². The summed E-state index contributed by atoms with van der Waals surface area (Å²) in [6.45, 7) is 3.65. The first-order chi connectivity index (χ1) is 12.7. The van der Waals surface area contributed by atoms with Gasteiger partial charge in [0.15, 0.2) is 5.65 Å². The van der Waals surface area contributed by atoms with E-state index in [4.69, 9.17) is 0 Å². The minimum Gasteiger partial charge on any atom is -0.406 e. The van der Waals surface area contributed by atoms with Gasteiger partial charge in [0.1, 0.15) is 21.6 Å². The predicted molar refractivity (Wildman–Crippen MR) is 96.7 cm³/mol. The van der Waals surface area contributed by atoms with Crippen molar-refractivity contribution in [3.05, 3.63) is 50.6 Å². The number of rotatable bonds is 5. The van der Waals surface area contributed by atoms with E-state index in [1.165, 1.54) is 12.1 Å². The Bertz CT molecular complexity index is 1010. The van der Waals surface area contributed by atoms with Gasteiger partial charge in [0.2, 0.25) is 0 Å². The normalized spacial score (nSPS) is 13.1. The second-order valence-corrected chi connectivity index (χ2v) is 6.79. The van der Waals surface area contributed by atoms with Crippen molar-refractivity contribution < 1.29 is 17.9 Å². The summed E-state index contributed by atoms with van der Waals surface area (Å²) < 4.78 is 42.8. The van der Waals surface area contributed by atoms with Gasteiger partial charge in [-0.25, -0.2) is 9.67 Å². The van der Waals surface area contributed by atoms with Crippen molar-refractivity contribution in [2.75, 3.05) is 0 Å². The Morgan fingerprint density at radius 1 is 1.30 bits per heavy atom.